The van der Waals surface area contributed by atoms with Crippen molar-refractivity contribution in [1.82, 2.24) is 25.4 Å². The predicted octanol–water partition coefficient (Wildman–Crippen LogP) is 4.47. The van der Waals surface area contributed by atoms with Crippen molar-refractivity contribution in [2.45, 2.75) is 74.9 Å². The summed E-state index contributed by atoms with van der Waals surface area (Å²) in [5.41, 5.74) is 0. The molecule has 2 heterocycles. The zero-order valence-electron chi connectivity index (χ0n) is 17.9. The number of thioether (sulfide) groups is 1. The van der Waals surface area contributed by atoms with Crippen LogP contribution in [0.4, 0.5) is 4.79 Å². The summed E-state index contributed by atoms with van der Waals surface area (Å²) in [5.74, 6) is 2.85. The first kappa shape index (κ1) is 21.0. The van der Waals surface area contributed by atoms with Crippen LogP contribution in [-0.2, 0) is 4.79 Å². The van der Waals surface area contributed by atoms with Gasteiger partial charge in [-0.3, -0.25) is 14.7 Å². The second kappa shape index (κ2) is 8.58. The fourth-order valence-electron chi connectivity index (χ4n) is 5.25. The van der Waals surface area contributed by atoms with Crippen molar-refractivity contribution in [3.8, 4) is 10.7 Å². The van der Waals surface area contributed by atoms with E-state index in [2.05, 4.69) is 43.8 Å². The highest BCUT2D eigenvalue weighted by Crippen LogP contribution is 2.53. The minimum absolute atomic E-state index is 0.217. The number of amides is 3. The molecule has 9 heteroatoms. The zero-order valence-corrected chi connectivity index (χ0v) is 19.5. The molecule has 3 aliphatic carbocycles. The van der Waals surface area contributed by atoms with Crippen molar-refractivity contribution in [2.75, 3.05) is 0 Å². The number of thiophene rings is 1. The van der Waals surface area contributed by atoms with Gasteiger partial charge < -0.3 is 5.32 Å². The molecule has 5 atom stereocenters. The van der Waals surface area contributed by atoms with Crippen LogP contribution >= 0.6 is 23.1 Å². The largest absolute Gasteiger partial charge is 0.335 e. The summed E-state index contributed by atoms with van der Waals surface area (Å²) >= 11 is 3.04. The van der Waals surface area contributed by atoms with Crippen molar-refractivity contribution < 1.29 is 9.59 Å². The van der Waals surface area contributed by atoms with Crippen molar-refractivity contribution >= 4 is 35.0 Å². The lowest BCUT2D eigenvalue weighted by molar-refractivity contribution is -0.119. The lowest BCUT2D eigenvalue weighted by atomic mass is 9.84. The zero-order chi connectivity index (χ0) is 21.5. The summed E-state index contributed by atoms with van der Waals surface area (Å²) in [6, 6.07) is 4.19. The van der Waals surface area contributed by atoms with Gasteiger partial charge >= 0.3 is 6.03 Å². The highest BCUT2D eigenvalue weighted by atomic mass is 32.2. The Labute approximate surface area is 190 Å². The molecule has 2 bridgehead atoms. The van der Waals surface area contributed by atoms with E-state index >= 15 is 0 Å². The standard InChI is InChI=1S/C22H29N5O2S2/c1-12(17-11-14-5-6-15(17)10-14)27-19(18-4-3-9-30-18)25-26-22(27)31-13(2)20(28)24-21(29)23-16-7-8-16/h3-4,9,12-17H,5-8,10-11H2,1-2H3,(H2,23,24,28,29). The number of hydrogen-bond acceptors (Lipinski definition) is 6. The molecule has 0 radical (unpaired) electrons. The highest BCUT2D eigenvalue weighted by Gasteiger charge is 2.43. The van der Waals surface area contributed by atoms with E-state index in [1.165, 1.54) is 37.4 Å². The van der Waals surface area contributed by atoms with E-state index < -0.39 is 11.3 Å². The summed E-state index contributed by atoms with van der Waals surface area (Å²) in [7, 11) is 0. The summed E-state index contributed by atoms with van der Waals surface area (Å²) in [6.45, 7) is 4.10. The number of nitrogens with zero attached hydrogens (tertiary/aromatic N) is 3. The van der Waals surface area contributed by atoms with Crippen LogP contribution in [0.5, 0.6) is 0 Å². The first-order valence-electron chi connectivity index (χ1n) is 11.3. The van der Waals surface area contributed by atoms with Gasteiger partial charge in [-0.2, -0.15) is 0 Å². The number of fused-ring (bicyclic) bond motifs is 2. The topological polar surface area (TPSA) is 88.9 Å². The van der Waals surface area contributed by atoms with Gasteiger partial charge in [-0.05, 0) is 75.2 Å². The van der Waals surface area contributed by atoms with Gasteiger partial charge in [0, 0.05) is 12.1 Å². The Kier molecular flexibility index (Phi) is 5.81. The minimum atomic E-state index is -0.448. The molecule has 0 aliphatic heterocycles. The molecule has 5 unspecified atom stereocenters. The van der Waals surface area contributed by atoms with E-state index in [1.54, 1.807) is 11.3 Å². The van der Waals surface area contributed by atoms with Gasteiger partial charge in [0.1, 0.15) is 0 Å². The second-order valence-electron chi connectivity index (χ2n) is 9.23. The Morgan fingerprint density at radius 3 is 2.68 bits per heavy atom. The summed E-state index contributed by atoms with van der Waals surface area (Å²) in [5, 5.41) is 16.6. The molecule has 2 aromatic rings. The Balaban J connectivity index is 1.35. The molecule has 31 heavy (non-hydrogen) atoms. The summed E-state index contributed by atoms with van der Waals surface area (Å²) < 4.78 is 2.25. The lowest BCUT2D eigenvalue weighted by Gasteiger charge is -2.30. The molecule has 0 aromatic carbocycles. The van der Waals surface area contributed by atoms with Crippen LogP contribution in [0.15, 0.2) is 22.7 Å². The molecule has 3 amide bonds. The maximum absolute atomic E-state index is 12.6. The predicted molar refractivity (Wildman–Crippen MR) is 122 cm³/mol. The van der Waals surface area contributed by atoms with E-state index in [1.807, 2.05) is 13.0 Å². The lowest BCUT2D eigenvalue weighted by Crippen LogP contribution is -2.43. The first-order chi connectivity index (χ1) is 15.0. The van der Waals surface area contributed by atoms with Crippen LogP contribution in [0, 0.1) is 17.8 Å². The summed E-state index contributed by atoms with van der Waals surface area (Å²) in [4.78, 5) is 25.6. The van der Waals surface area contributed by atoms with Crippen LogP contribution in [-0.4, -0.2) is 38.0 Å². The molecule has 2 N–H and O–H groups in total. The molecular weight excluding hydrogens is 430 g/mol. The van der Waals surface area contributed by atoms with Crippen molar-refractivity contribution in [1.29, 1.82) is 0 Å². The third-order valence-electron chi connectivity index (χ3n) is 7.03. The number of carbonyl (C=O) groups is 2. The van der Waals surface area contributed by atoms with Gasteiger partial charge in [0.25, 0.3) is 0 Å². The van der Waals surface area contributed by atoms with E-state index in [-0.39, 0.29) is 18.0 Å². The van der Waals surface area contributed by atoms with Crippen LogP contribution in [0.25, 0.3) is 10.7 Å². The normalized spacial score (nSPS) is 26.6. The molecule has 0 saturated heterocycles. The van der Waals surface area contributed by atoms with Crippen molar-refractivity contribution in [2.24, 2.45) is 17.8 Å². The van der Waals surface area contributed by atoms with Gasteiger partial charge in [-0.15, -0.1) is 21.5 Å². The average Bonchev–Trinajstić information content (AvgIpc) is 3.23. The molecular formula is C22H29N5O2S2. The van der Waals surface area contributed by atoms with Gasteiger partial charge in [0.15, 0.2) is 11.0 Å². The van der Waals surface area contributed by atoms with Crippen molar-refractivity contribution in [3.05, 3.63) is 17.5 Å². The molecule has 5 rings (SSSR count). The van der Waals surface area contributed by atoms with Crippen LogP contribution in [0.1, 0.15) is 58.4 Å². The van der Waals surface area contributed by atoms with Gasteiger partial charge in [0.05, 0.1) is 10.1 Å². The fourth-order valence-corrected chi connectivity index (χ4v) is 6.89. The van der Waals surface area contributed by atoms with Crippen LogP contribution < -0.4 is 10.6 Å². The Morgan fingerprint density at radius 2 is 2.03 bits per heavy atom. The Hall–Kier alpha value is -1.87. The van der Waals surface area contributed by atoms with E-state index in [0.29, 0.717) is 5.92 Å². The maximum Gasteiger partial charge on any atom is 0.321 e. The van der Waals surface area contributed by atoms with Crippen LogP contribution in [0.3, 0.4) is 0 Å². The Bertz CT molecular complexity index is 955. The average molecular weight is 460 g/mol. The molecule has 3 aliphatic rings. The SMILES string of the molecule is CC(Sc1nnc(-c2cccs2)n1C(C)C1CC2CCC1C2)C(=O)NC(=O)NC1CC1. The number of hydrogen-bond donors (Lipinski definition) is 2. The number of aromatic nitrogens is 3. The number of nitrogens with one attached hydrogen (secondary N) is 2. The molecule has 0 spiro atoms. The van der Waals surface area contributed by atoms with Crippen molar-refractivity contribution in [3.63, 3.8) is 0 Å². The monoisotopic (exact) mass is 459 g/mol. The molecule has 7 nitrogen and oxygen atoms in total. The van der Waals surface area contributed by atoms with E-state index in [0.717, 1.165) is 40.5 Å². The molecule has 3 saturated carbocycles. The van der Waals surface area contributed by atoms with Gasteiger partial charge in [0.2, 0.25) is 5.91 Å². The highest BCUT2D eigenvalue weighted by molar-refractivity contribution is 8.00. The van der Waals surface area contributed by atoms with Gasteiger partial charge in [-0.25, -0.2) is 4.79 Å². The fraction of sp³-hybridized carbons (Fsp3) is 0.636. The van der Waals surface area contributed by atoms with E-state index in [9.17, 15) is 9.59 Å². The third kappa shape index (κ3) is 4.39. The maximum atomic E-state index is 12.6. The third-order valence-corrected chi connectivity index (χ3v) is 8.95. The van der Waals surface area contributed by atoms with Gasteiger partial charge in [-0.1, -0.05) is 24.2 Å². The summed E-state index contributed by atoms with van der Waals surface area (Å²) in [6.07, 6.45) is 7.30. The molecule has 166 valence electrons. The van der Waals surface area contributed by atoms with Crippen LogP contribution in [0.2, 0.25) is 0 Å². The number of urea groups is 1. The second-order valence-corrected chi connectivity index (χ2v) is 11.5. The molecule has 3 fully saturated rings. The Morgan fingerprint density at radius 1 is 1.19 bits per heavy atom. The smallest absolute Gasteiger partial charge is 0.321 e. The van der Waals surface area contributed by atoms with E-state index in [4.69, 9.17) is 0 Å². The number of carbonyl (C=O) groups excluding carboxylic acids is 2. The first-order valence-corrected chi connectivity index (χ1v) is 13.0. The quantitative estimate of drug-likeness (QED) is 0.596. The minimum Gasteiger partial charge on any atom is -0.335 e. The number of rotatable bonds is 7. The number of imide groups is 1. The molecule has 2 aromatic heterocycles.